The zero-order chi connectivity index (χ0) is 15.4. The lowest BCUT2D eigenvalue weighted by Crippen LogP contribution is -2.63. The minimum atomic E-state index is -0.179. The highest BCUT2D eigenvalue weighted by Crippen LogP contribution is 2.35. The Balaban J connectivity index is 2.16. The lowest BCUT2D eigenvalue weighted by molar-refractivity contribution is -0.143. The van der Waals surface area contributed by atoms with Gasteiger partial charge in [0.25, 0.3) is 0 Å². The maximum atomic E-state index is 12.1. The van der Waals surface area contributed by atoms with Crippen molar-refractivity contribution in [1.29, 1.82) is 0 Å². The van der Waals surface area contributed by atoms with Crippen LogP contribution >= 0.6 is 0 Å². The molecule has 0 aromatic heterocycles. The van der Waals surface area contributed by atoms with E-state index >= 15 is 0 Å². The van der Waals surface area contributed by atoms with Crippen molar-refractivity contribution < 1.29 is 9.59 Å². The molecule has 0 bridgehead atoms. The van der Waals surface area contributed by atoms with Crippen molar-refractivity contribution in [1.82, 2.24) is 10.2 Å². The number of nitrogens with one attached hydrogen (secondary N) is 1. The predicted octanol–water partition coefficient (Wildman–Crippen LogP) is 1.27. The Hall–Kier alpha value is -0.940. The van der Waals surface area contributed by atoms with Crippen molar-refractivity contribution >= 4 is 11.8 Å². The van der Waals surface area contributed by atoms with E-state index in [9.17, 15) is 9.59 Å². The molecule has 4 atom stereocenters. The van der Waals surface area contributed by atoms with Crippen LogP contribution in [-0.2, 0) is 9.59 Å². The number of carbonyl (C=O) groups is 2. The number of amides is 2. The number of carbonyl (C=O) groups excluding carboxylic acids is 2. The summed E-state index contributed by atoms with van der Waals surface area (Å²) in [6, 6.07) is 0.0994. The summed E-state index contributed by atoms with van der Waals surface area (Å²) in [7, 11) is 0. The summed E-state index contributed by atoms with van der Waals surface area (Å²) in [5, 5.41) is 2.47. The Kier molecular flexibility index (Phi) is 5.76. The van der Waals surface area contributed by atoms with Crippen LogP contribution in [0.1, 0.15) is 52.4 Å². The van der Waals surface area contributed by atoms with Gasteiger partial charge in [-0.2, -0.15) is 0 Å². The molecule has 4 unspecified atom stereocenters. The van der Waals surface area contributed by atoms with Gasteiger partial charge in [-0.3, -0.25) is 19.8 Å². The first-order valence-corrected chi connectivity index (χ1v) is 8.40. The standard InChI is InChI=1S/C16H29N3O2/c1-3-5-11-6-7-12(9-17)14(8-11)19-10-15(20)18-16(21)13(19)4-2/h11-14H,3-10,17H2,1-2H3,(H,18,20,21). The summed E-state index contributed by atoms with van der Waals surface area (Å²) < 4.78 is 0. The van der Waals surface area contributed by atoms with Gasteiger partial charge in [-0.1, -0.05) is 33.1 Å². The Morgan fingerprint density at radius 1 is 1.29 bits per heavy atom. The topological polar surface area (TPSA) is 75.4 Å². The summed E-state index contributed by atoms with van der Waals surface area (Å²) in [6.07, 6.45) is 6.60. The van der Waals surface area contributed by atoms with Crippen LogP contribution in [0, 0.1) is 11.8 Å². The van der Waals surface area contributed by atoms with Crippen molar-refractivity contribution in [2.75, 3.05) is 13.1 Å². The van der Waals surface area contributed by atoms with Gasteiger partial charge in [0.05, 0.1) is 12.6 Å². The Labute approximate surface area is 127 Å². The Morgan fingerprint density at radius 3 is 2.67 bits per heavy atom. The molecule has 1 saturated heterocycles. The molecule has 21 heavy (non-hydrogen) atoms. The van der Waals surface area contributed by atoms with Crippen LogP contribution in [0.4, 0.5) is 0 Å². The third-order valence-corrected chi connectivity index (χ3v) is 5.17. The lowest BCUT2D eigenvalue weighted by Gasteiger charge is -2.46. The number of imide groups is 1. The molecule has 120 valence electrons. The second kappa shape index (κ2) is 7.36. The second-order valence-electron chi connectivity index (χ2n) is 6.54. The zero-order valence-electron chi connectivity index (χ0n) is 13.3. The van der Waals surface area contributed by atoms with Crippen LogP contribution < -0.4 is 11.1 Å². The zero-order valence-corrected chi connectivity index (χ0v) is 13.3. The summed E-state index contributed by atoms with van der Waals surface area (Å²) in [5.41, 5.74) is 5.96. The normalized spacial score (nSPS) is 34.8. The van der Waals surface area contributed by atoms with E-state index in [1.54, 1.807) is 0 Å². The van der Waals surface area contributed by atoms with Crippen LogP contribution in [0.25, 0.3) is 0 Å². The van der Waals surface area contributed by atoms with Gasteiger partial charge in [0.2, 0.25) is 11.8 Å². The summed E-state index contributed by atoms with van der Waals surface area (Å²) in [4.78, 5) is 26.0. The van der Waals surface area contributed by atoms with Crippen LogP contribution in [0.15, 0.2) is 0 Å². The largest absolute Gasteiger partial charge is 0.330 e. The highest BCUT2D eigenvalue weighted by Gasteiger charge is 2.41. The van der Waals surface area contributed by atoms with E-state index in [0.717, 1.165) is 19.3 Å². The van der Waals surface area contributed by atoms with Crippen molar-refractivity contribution in [2.24, 2.45) is 17.6 Å². The van der Waals surface area contributed by atoms with Gasteiger partial charge in [0.1, 0.15) is 0 Å². The van der Waals surface area contributed by atoms with Gasteiger partial charge >= 0.3 is 0 Å². The van der Waals surface area contributed by atoms with E-state index in [1.807, 2.05) is 6.92 Å². The fraction of sp³-hybridized carbons (Fsp3) is 0.875. The first kappa shape index (κ1) is 16.4. The molecule has 2 rings (SSSR count). The van der Waals surface area contributed by atoms with E-state index in [0.29, 0.717) is 24.9 Å². The molecule has 2 aliphatic rings. The predicted molar refractivity (Wildman–Crippen MR) is 82.5 cm³/mol. The van der Waals surface area contributed by atoms with Gasteiger partial charge in [-0.05, 0) is 37.6 Å². The highest BCUT2D eigenvalue weighted by atomic mass is 16.2. The van der Waals surface area contributed by atoms with Crippen LogP contribution in [0.2, 0.25) is 0 Å². The van der Waals surface area contributed by atoms with E-state index in [2.05, 4.69) is 17.1 Å². The van der Waals surface area contributed by atoms with Crippen LogP contribution in [-0.4, -0.2) is 41.9 Å². The average molecular weight is 295 g/mol. The molecular formula is C16H29N3O2. The second-order valence-corrected chi connectivity index (χ2v) is 6.54. The molecule has 1 aliphatic carbocycles. The summed E-state index contributed by atoms with van der Waals surface area (Å²) in [6.45, 7) is 5.21. The number of piperazine rings is 1. The molecule has 2 fully saturated rings. The number of rotatable bonds is 5. The Bertz CT molecular complexity index is 386. The maximum Gasteiger partial charge on any atom is 0.243 e. The quantitative estimate of drug-likeness (QED) is 0.749. The molecular weight excluding hydrogens is 266 g/mol. The molecule has 0 aromatic carbocycles. The minimum Gasteiger partial charge on any atom is -0.330 e. The fourth-order valence-corrected chi connectivity index (χ4v) is 4.10. The number of hydrogen-bond donors (Lipinski definition) is 2. The van der Waals surface area contributed by atoms with Gasteiger partial charge in [0, 0.05) is 6.04 Å². The van der Waals surface area contributed by atoms with Crippen LogP contribution in [0.5, 0.6) is 0 Å². The molecule has 1 saturated carbocycles. The smallest absolute Gasteiger partial charge is 0.243 e. The number of nitrogens with zero attached hydrogens (tertiary/aromatic N) is 1. The van der Waals surface area contributed by atoms with Crippen molar-refractivity contribution in [2.45, 2.75) is 64.5 Å². The highest BCUT2D eigenvalue weighted by molar-refractivity contribution is 6.01. The number of hydrogen-bond acceptors (Lipinski definition) is 4. The maximum absolute atomic E-state index is 12.1. The van der Waals surface area contributed by atoms with E-state index in [1.165, 1.54) is 19.3 Å². The third kappa shape index (κ3) is 3.64. The molecule has 5 nitrogen and oxygen atoms in total. The summed E-state index contributed by atoms with van der Waals surface area (Å²) >= 11 is 0. The van der Waals surface area contributed by atoms with Gasteiger partial charge < -0.3 is 5.73 Å². The van der Waals surface area contributed by atoms with Gasteiger partial charge in [-0.25, -0.2) is 0 Å². The van der Waals surface area contributed by atoms with Crippen molar-refractivity contribution in [3.63, 3.8) is 0 Å². The lowest BCUT2D eigenvalue weighted by atomic mass is 9.75. The molecule has 0 aromatic rings. The van der Waals surface area contributed by atoms with E-state index < -0.39 is 0 Å². The first-order valence-electron chi connectivity index (χ1n) is 8.40. The Morgan fingerprint density at radius 2 is 2.05 bits per heavy atom. The van der Waals surface area contributed by atoms with Crippen LogP contribution in [0.3, 0.4) is 0 Å². The molecule has 0 spiro atoms. The SMILES string of the molecule is CCCC1CCC(CN)C(N2CC(=O)NC(=O)C2CC)C1. The van der Waals surface area contributed by atoms with Gasteiger partial charge in [0.15, 0.2) is 0 Å². The number of nitrogens with two attached hydrogens (primary N) is 1. The molecule has 2 amide bonds. The molecule has 0 radical (unpaired) electrons. The van der Waals surface area contributed by atoms with E-state index in [-0.39, 0.29) is 23.9 Å². The summed E-state index contributed by atoms with van der Waals surface area (Å²) in [5.74, 6) is 0.812. The van der Waals surface area contributed by atoms with Crippen molar-refractivity contribution in [3.8, 4) is 0 Å². The molecule has 3 N–H and O–H groups in total. The monoisotopic (exact) mass is 295 g/mol. The average Bonchev–Trinajstić information content (AvgIpc) is 2.47. The first-order chi connectivity index (χ1) is 10.1. The molecule has 5 heteroatoms. The third-order valence-electron chi connectivity index (χ3n) is 5.17. The van der Waals surface area contributed by atoms with Crippen molar-refractivity contribution in [3.05, 3.63) is 0 Å². The molecule has 1 heterocycles. The molecule has 1 aliphatic heterocycles. The van der Waals surface area contributed by atoms with E-state index in [4.69, 9.17) is 5.73 Å². The van der Waals surface area contributed by atoms with Gasteiger partial charge in [-0.15, -0.1) is 0 Å². The minimum absolute atomic E-state index is 0.137. The fourth-order valence-electron chi connectivity index (χ4n) is 4.10.